The number of nitrogens with one attached hydrogen (secondary N) is 2. The van der Waals surface area contributed by atoms with Crippen LogP contribution in [0.1, 0.15) is 12.5 Å². The van der Waals surface area contributed by atoms with Gasteiger partial charge in [0.05, 0.1) is 13.1 Å². The van der Waals surface area contributed by atoms with Crippen molar-refractivity contribution in [2.24, 2.45) is 4.99 Å². The Morgan fingerprint density at radius 3 is 2.70 bits per heavy atom. The zero-order chi connectivity index (χ0) is 22.6. The molecule has 8 nitrogen and oxygen atoms in total. The number of carbonyl (C=O) groups excluding carboxylic acids is 1. The average molecular weight is 562 g/mol. The Balaban J connectivity index is 0.00000385. The first-order valence-corrected chi connectivity index (χ1v) is 10.7. The number of likely N-dealkylation sites (N-methyl/N-ethyl adjacent to an activating group) is 1. The number of nitrogens with zero attached hydrogens (tertiary/aromatic N) is 4. The van der Waals surface area contributed by atoms with Crippen molar-refractivity contribution in [3.63, 3.8) is 0 Å². The number of ether oxygens (including phenoxy) is 1. The van der Waals surface area contributed by atoms with Crippen LogP contribution in [0.2, 0.25) is 0 Å². The van der Waals surface area contributed by atoms with E-state index in [1.807, 2.05) is 73.5 Å². The van der Waals surface area contributed by atoms with E-state index in [9.17, 15) is 4.79 Å². The topological polar surface area (TPSA) is 83.8 Å². The van der Waals surface area contributed by atoms with Gasteiger partial charge in [0.25, 0.3) is 0 Å². The second kappa shape index (κ2) is 14.1. The SMILES string of the molecule is CCNC(=NCc1cccc(NC(=O)Cn2cccn2)c1)N(C)CCOc1ccccc1.I. The lowest BCUT2D eigenvalue weighted by Gasteiger charge is -2.22. The minimum absolute atomic E-state index is 0. The molecule has 0 spiro atoms. The Morgan fingerprint density at radius 2 is 1.97 bits per heavy atom. The van der Waals surface area contributed by atoms with E-state index in [-0.39, 0.29) is 36.4 Å². The van der Waals surface area contributed by atoms with E-state index in [2.05, 4.69) is 15.7 Å². The molecular weight excluding hydrogens is 531 g/mol. The molecule has 0 saturated heterocycles. The highest BCUT2D eigenvalue weighted by molar-refractivity contribution is 14.0. The number of rotatable bonds is 10. The van der Waals surface area contributed by atoms with Crippen LogP contribution in [0.15, 0.2) is 78.0 Å². The number of carbonyl (C=O) groups is 1. The van der Waals surface area contributed by atoms with Crippen LogP contribution >= 0.6 is 24.0 Å². The van der Waals surface area contributed by atoms with Gasteiger partial charge in [-0.1, -0.05) is 30.3 Å². The molecule has 3 aromatic rings. The summed E-state index contributed by atoms with van der Waals surface area (Å²) in [6.07, 6.45) is 3.41. The molecule has 0 atom stereocenters. The third-order valence-electron chi connectivity index (χ3n) is 4.62. The summed E-state index contributed by atoms with van der Waals surface area (Å²) in [6.45, 7) is 4.74. The number of aromatic nitrogens is 2. The van der Waals surface area contributed by atoms with Crippen molar-refractivity contribution in [2.45, 2.75) is 20.0 Å². The minimum atomic E-state index is -0.124. The molecule has 0 unspecified atom stereocenters. The van der Waals surface area contributed by atoms with E-state index in [1.54, 1.807) is 23.1 Å². The van der Waals surface area contributed by atoms with Crippen LogP contribution in [0.3, 0.4) is 0 Å². The largest absolute Gasteiger partial charge is 0.492 e. The normalized spacial score (nSPS) is 10.8. The molecule has 1 heterocycles. The first kappa shape index (κ1) is 26.2. The van der Waals surface area contributed by atoms with E-state index in [4.69, 9.17) is 9.73 Å². The van der Waals surface area contributed by atoms with Crippen molar-refractivity contribution >= 4 is 41.5 Å². The fraction of sp³-hybridized carbons (Fsp3) is 0.292. The fourth-order valence-electron chi connectivity index (χ4n) is 3.05. The molecule has 0 saturated carbocycles. The zero-order valence-corrected chi connectivity index (χ0v) is 21.3. The lowest BCUT2D eigenvalue weighted by molar-refractivity contribution is -0.116. The Kier molecular flexibility index (Phi) is 11.2. The Labute approximate surface area is 212 Å². The fourth-order valence-corrected chi connectivity index (χ4v) is 3.05. The van der Waals surface area contributed by atoms with E-state index in [0.717, 1.165) is 29.5 Å². The first-order valence-electron chi connectivity index (χ1n) is 10.7. The van der Waals surface area contributed by atoms with Gasteiger partial charge >= 0.3 is 0 Å². The van der Waals surface area contributed by atoms with Gasteiger partial charge in [-0.25, -0.2) is 4.99 Å². The van der Waals surface area contributed by atoms with Gasteiger partial charge < -0.3 is 20.3 Å². The molecule has 176 valence electrons. The maximum atomic E-state index is 12.2. The molecule has 2 N–H and O–H groups in total. The van der Waals surface area contributed by atoms with E-state index >= 15 is 0 Å². The van der Waals surface area contributed by atoms with Gasteiger partial charge in [-0.05, 0) is 42.8 Å². The number of hydrogen-bond acceptors (Lipinski definition) is 4. The molecule has 1 aromatic heterocycles. The van der Waals surface area contributed by atoms with Gasteiger partial charge in [-0.2, -0.15) is 5.10 Å². The smallest absolute Gasteiger partial charge is 0.246 e. The van der Waals surface area contributed by atoms with Gasteiger partial charge in [0.15, 0.2) is 5.96 Å². The number of anilines is 1. The lowest BCUT2D eigenvalue weighted by atomic mass is 10.2. The standard InChI is InChI=1S/C24H30N6O2.HI/c1-3-25-24(29(2)15-16-32-22-11-5-4-6-12-22)26-18-20-9-7-10-21(17-20)28-23(31)19-30-14-8-13-27-30;/h4-14,17H,3,15-16,18-19H2,1-2H3,(H,25,26)(H,28,31);1H. The van der Waals surface area contributed by atoms with Gasteiger partial charge in [0.1, 0.15) is 18.9 Å². The van der Waals surface area contributed by atoms with Gasteiger partial charge in [-0.15, -0.1) is 24.0 Å². The molecule has 0 bridgehead atoms. The average Bonchev–Trinajstić information content (AvgIpc) is 3.30. The van der Waals surface area contributed by atoms with Crippen LogP contribution in [0.25, 0.3) is 0 Å². The molecule has 3 rings (SSSR count). The van der Waals surface area contributed by atoms with E-state index < -0.39 is 0 Å². The summed E-state index contributed by atoms with van der Waals surface area (Å²) in [4.78, 5) is 19.0. The summed E-state index contributed by atoms with van der Waals surface area (Å²) in [6, 6.07) is 19.3. The number of guanidine groups is 1. The zero-order valence-electron chi connectivity index (χ0n) is 19.0. The summed E-state index contributed by atoms with van der Waals surface area (Å²) in [5, 5.41) is 10.3. The highest BCUT2D eigenvalue weighted by atomic mass is 127. The van der Waals surface area contributed by atoms with Crippen LogP contribution in [0, 0.1) is 0 Å². The van der Waals surface area contributed by atoms with Crippen molar-refractivity contribution < 1.29 is 9.53 Å². The van der Waals surface area contributed by atoms with Crippen LogP contribution < -0.4 is 15.4 Å². The highest BCUT2D eigenvalue weighted by Gasteiger charge is 2.07. The van der Waals surface area contributed by atoms with Crippen molar-refractivity contribution in [3.8, 4) is 5.75 Å². The van der Waals surface area contributed by atoms with Gasteiger partial charge in [-0.3, -0.25) is 9.48 Å². The summed E-state index contributed by atoms with van der Waals surface area (Å²) in [7, 11) is 1.99. The summed E-state index contributed by atoms with van der Waals surface area (Å²) >= 11 is 0. The third-order valence-corrected chi connectivity index (χ3v) is 4.62. The van der Waals surface area contributed by atoms with Crippen molar-refractivity contribution in [3.05, 3.63) is 78.6 Å². The molecule has 2 aromatic carbocycles. The third kappa shape index (κ3) is 9.13. The van der Waals surface area contributed by atoms with E-state index in [0.29, 0.717) is 19.7 Å². The summed E-state index contributed by atoms with van der Waals surface area (Å²) < 4.78 is 7.37. The number of benzene rings is 2. The quantitative estimate of drug-likeness (QED) is 0.224. The summed E-state index contributed by atoms with van der Waals surface area (Å²) in [5.41, 5.74) is 1.75. The Bertz CT molecular complexity index is 995. The van der Waals surface area contributed by atoms with Crippen LogP contribution in [0.4, 0.5) is 5.69 Å². The van der Waals surface area contributed by atoms with Gasteiger partial charge in [0, 0.05) is 31.7 Å². The predicted octanol–water partition coefficient (Wildman–Crippen LogP) is 3.62. The second-order valence-electron chi connectivity index (χ2n) is 7.21. The van der Waals surface area contributed by atoms with Gasteiger partial charge in [0.2, 0.25) is 5.91 Å². The maximum Gasteiger partial charge on any atom is 0.246 e. The Morgan fingerprint density at radius 1 is 1.15 bits per heavy atom. The number of para-hydroxylation sites is 1. The minimum Gasteiger partial charge on any atom is -0.492 e. The van der Waals surface area contributed by atoms with Crippen molar-refractivity contribution in [2.75, 3.05) is 32.1 Å². The highest BCUT2D eigenvalue weighted by Crippen LogP contribution is 2.12. The molecule has 33 heavy (non-hydrogen) atoms. The molecule has 0 radical (unpaired) electrons. The van der Waals surface area contributed by atoms with Crippen LogP contribution in [0.5, 0.6) is 5.75 Å². The maximum absolute atomic E-state index is 12.2. The monoisotopic (exact) mass is 562 g/mol. The van der Waals surface area contributed by atoms with Crippen LogP contribution in [-0.4, -0.2) is 53.3 Å². The van der Waals surface area contributed by atoms with Crippen molar-refractivity contribution in [1.82, 2.24) is 20.0 Å². The van der Waals surface area contributed by atoms with Crippen molar-refractivity contribution in [1.29, 1.82) is 0 Å². The van der Waals surface area contributed by atoms with E-state index in [1.165, 1.54) is 0 Å². The lowest BCUT2D eigenvalue weighted by Crippen LogP contribution is -2.40. The summed E-state index contributed by atoms with van der Waals surface area (Å²) in [5.74, 6) is 1.53. The molecule has 0 fully saturated rings. The number of halogens is 1. The first-order chi connectivity index (χ1) is 15.6. The molecule has 0 aliphatic heterocycles. The molecule has 1 amide bonds. The molecule has 0 aliphatic carbocycles. The molecule has 9 heteroatoms. The second-order valence-corrected chi connectivity index (χ2v) is 7.21. The Hall–Kier alpha value is -3.08. The van der Waals surface area contributed by atoms with Crippen LogP contribution in [-0.2, 0) is 17.9 Å². The number of aliphatic imine (C=N–C) groups is 1. The molecular formula is C24H31IN6O2. The molecule has 0 aliphatic rings. The number of amides is 1. The number of hydrogen-bond donors (Lipinski definition) is 2. The predicted molar refractivity (Wildman–Crippen MR) is 142 cm³/mol.